The van der Waals surface area contributed by atoms with E-state index in [1.54, 1.807) is 0 Å². The highest BCUT2D eigenvalue weighted by Crippen LogP contribution is 2.20. The molecule has 0 unspecified atom stereocenters. The van der Waals surface area contributed by atoms with E-state index in [-0.39, 0.29) is 30.5 Å². The summed E-state index contributed by atoms with van der Waals surface area (Å²) in [5.74, 6) is 1.21. The molecule has 2 saturated heterocycles. The third kappa shape index (κ3) is 4.37. The molecule has 1 aromatic carbocycles. The van der Waals surface area contributed by atoms with Gasteiger partial charge in [-0.25, -0.2) is 0 Å². The first kappa shape index (κ1) is 17.1. The number of amides is 1. The number of carbonyl (C=O) groups excluding carboxylic acids is 1. The zero-order valence-corrected chi connectivity index (χ0v) is 13.7. The van der Waals surface area contributed by atoms with Crippen LogP contribution in [0.4, 0.5) is 0 Å². The van der Waals surface area contributed by atoms with Gasteiger partial charge in [-0.15, -0.1) is 12.4 Å². The van der Waals surface area contributed by atoms with Crippen molar-refractivity contribution in [3.63, 3.8) is 0 Å². The minimum Gasteiger partial charge on any atom is -0.490 e. The summed E-state index contributed by atoms with van der Waals surface area (Å²) in [6.07, 6.45) is 5.42. The number of likely N-dealkylation sites (tertiary alicyclic amines) is 1. The molecule has 2 aliphatic rings. The van der Waals surface area contributed by atoms with Crippen molar-refractivity contribution in [1.29, 1.82) is 0 Å². The molecule has 22 heavy (non-hydrogen) atoms. The number of nitrogens with one attached hydrogen (secondary N) is 1. The lowest BCUT2D eigenvalue weighted by Gasteiger charge is -2.35. The monoisotopic (exact) mass is 324 g/mol. The van der Waals surface area contributed by atoms with Crippen LogP contribution in [0.15, 0.2) is 30.3 Å². The van der Waals surface area contributed by atoms with Crippen molar-refractivity contribution in [2.24, 2.45) is 0 Å². The van der Waals surface area contributed by atoms with Gasteiger partial charge in [0.05, 0.1) is 6.04 Å². The average molecular weight is 325 g/mol. The Hall–Kier alpha value is -1.26. The molecule has 0 saturated carbocycles. The zero-order valence-electron chi connectivity index (χ0n) is 12.9. The Morgan fingerprint density at radius 1 is 1.09 bits per heavy atom. The van der Waals surface area contributed by atoms with Crippen LogP contribution in [0.3, 0.4) is 0 Å². The van der Waals surface area contributed by atoms with Gasteiger partial charge in [0.25, 0.3) is 0 Å². The molecule has 0 radical (unpaired) electrons. The van der Waals surface area contributed by atoms with Gasteiger partial charge in [0, 0.05) is 25.9 Å². The molecule has 2 aliphatic heterocycles. The maximum absolute atomic E-state index is 12.4. The number of piperidine rings is 2. The maximum atomic E-state index is 12.4. The van der Waals surface area contributed by atoms with Crippen LogP contribution in [0.5, 0.6) is 5.75 Å². The quantitative estimate of drug-likeness (QED) is 0.929. The van der Waals surface area contributed by atoms with Gasteiger partial charge in [0.2, 0.25) is 5.91 Å². The molecule has 1 amide bonds. The predicted octanol–water partition coefficient (Wildman–Crippen LogP) is 2.62. The van der Waals surface area contributed by atoms with E-state index in [9.17, 15) is 4.79 Å². The van der Waals surface area contributed by atoms with Crippen LogP contribution in [0.25, 0.3) is 0 Å². The Morgan fingerprint density at radius 3 is 2.45 bits per heavy atom. The molecular weight excluding hydrogens is 300 g/mol. The molecule has 1 atom stereocenters. The maximum Gasteiger partial charge on any atom is 0.239 e. The van der Waals surface area contributed by atoms with Gasteiger partial charge in [-0.3, -0.25) is 4.79 Å². The number of carbonyl (C=O) groups is 1. The normalized spacial score (nSPS) is 22.7. The van der Waals surface area contributed by atoms with E-state index < -0.39 is 0 Å². The van der Waals surface area contributed by atoms with E-state index in [1.165, 1.54) is 6.42 Å². The van der Waals surface area contributed by atoms with E-state index in [2.05, 4.69) is 5.32 Å². The highest BCUT2D eigenvalue weighted by molar-refractivity contribution is 5.85. The minimum atomic E-state index is 0. The number of para-hydroxylation sites is 1. The molecule has 122 valence electrons. The summed E-state index contributed by atoms with van der Waals surface area (Å²) in [7, 11) is 0. The number of ether oxygens (including phenoxy) is 1. The Morgan fingerprint density at radius 2 is 1.82 bits per heavy atom. The summed E-state index contributed by atoms with van der Waals surface area (Å²) >= 11 is 0. The summed E-state index contributed by atoms with van der Waals surface area (Å²) < 4.78 is 5.98. The van der Waals surface area contributed by atoms with Crippen molar-refractivity contribution in [2.75, 3.05) is 19.6 Å². The summed E-state index contributed by atoms with van der Waals surface area (Å²) in [6, 6.07) is 9.99. The highest BCUT2D eigenvalue weighted by atomic mass is 35.5. The molecule has 2 heterocycles. The van der Waals surface area contributed by atoms with Gasteiger partial charge in [0.1, 0.15) is 11.9 Å². The number of hydrogen-bond acceptors (Lipinski definition) is 3. The fraction of sp³-hybridized carbons (Fsp3) is 0.588. The van der Waals surface area contributed by atoms with Gasteiger partial charge in [0.15, 0.2) is 0 Å². The van der Waals surface area contributed by atoms with Crippen LogP contribution in [-0.2, 0) is 4.79 Å². The molecule has 0 aliphatic carbocycles. The fourth-order valence-corrected chi connectivity index (χ4v) is 3.17. The Kier molecular flexibility index (Phi) is 6.52. The van der Waals surface area contributed by atoms with Crippen LogP contribution >= 0.6 is 12.4 Å². The van der Waals surface area contributed by atoms with Crippen molar-refractivity contribution >= 4 is 18.3 Å². The van der Waals surface area contributed by atoms with E-state index in [0.717, 1.165) is 51.1 Å². The molecule has 3 rings (SSSR count). The molecule has 0 aromatic heterocycles. The average Bonchev–Trinajstić information content (AvgIpc) is 2.57. The second-order valence-corrected chi connectivity index (χ2v) is 5.96. The van der Waals surface area contributed by atoms with Gasteiger partial charge >= 0.3 is 0 Å². The van der Waals surface area contributed by atoms with Crippen molar-refractivity contribution in [3.05, 3.63) is 30.3 Å². The third-order valence-electron chi connectivity index (χ3n) is 4.41. The first-order valence-electron chi connectivity index (χ1n) is 8.07. The van der Waals surface area contributed by atoms with Crippen molar-refractivity contribution in [3.8, 4) is 5.75 Å². The van der Waals surface area contributed by atoms with E-state index in [0.29, 0.717) is 0 Å². The summed E-state index contributed by atoms with van der Waals surface area (Å²) in [5, 5.41) is 3.34. The Labute approximate surface area is 138 Å². The van der Waals surface area contributed by atoms with E-state index in [1.807, 2.05) is 35.2 Å². The van der Waals surface area contributed by atoms with Crippen molar-refractivity contribution in [2.45, 2.75) is 44.2 Å². The molecule has 1 aromatic rings. The minimum absolute atomic E-state index is 0. The van der Waals surface area contributed by atoms with Crippen molar-refractivity contribution in [1.82, 2.24) is 10.2 Å². The molecule has 1 N–H and O–H groups in total. The third-order valence-corrected chi connectivity index (χ3v) is 4.41. The van der Waals surface area contributed by atoms with Gasteiger partial charge in [-0.1, -0.05) is 24.6 Å². The van der Waals surface area contributed by atoms with E-state index in [4.69, 9.17) is 4.74 Å². The second-order valence-electron chi connectivity index (χ2n) is 5.96. The smallest absolute Gasteiger partial charge is 0.239 e. The number of benzene rings is 1. The van der Waals surface area contributed by atoms with Crippen LogP contribution in [0.1, 0.15) is 32.1 Å². The van der Waals surface area contributed by atoms with Gasteiger partial charge in [-0.2, -0.15) is 0 Å². The largest absolute Gasteiger partial charge is 0.490 e. The lowest BCUT2D eigenvalue weighted by molar-refractivity contribution is -0.135. The molecule has 2 fully saturated rings. The standard InChI is InChI=1S/C17H24N2O2.ClH/c20-17(16-8-4-5-11-18-16)19-12-9-15(10-13-19)21-14-6-2-1-3-7-14;/h1-3,6-7,15-16,18H,4-5,8-13H2;1H/t16-;/m0./s1. The molecule has 5 heteroatoms. The Bertz CT molecular complexity index is 455. The summed E-state index contributed by atoms with van der Waals surface area (Å²) in [5.41, 5.74) is 0. The van der Waals surface area contributed by atoms with Crippen LogP contribution in [-0.4, -0.2) is 42.6 Å². The lowest BCUT2D eigenvalue weighted by atomic mass is 10.0. The Balaban J connectivity index is 0.00000176. The summed E-state index contributed by atoms with van der Waals surface area (Å²) in [6.45, 7) is 2.60. The molecular formula is C17H25ClN2O2. The van der Waals surface area contributed by atoms with Crippen LogP contribution in [0.2, 0.25) is 0 Å². The number of halogens is 1. The van der Waals surface area contributed by atoms with E-state index >= 15 is 0 Å². The number of nitrogens with zero attached hydrogens (tertiary/aromatic N) is 1. The highest BCUT2D eigenvalue weighted by Gasteiger charge is 2.29. The topological polar surface area (TPSA) is 41.6 Å². The second kappa shape index (κ2) is 8.39. The molecule has 0 spiro atoms. The van der Waals surface area contributed by atoms with Gasteiger partial charge < -0.3 is 15.0 Å². The van der Waals surface area contributed by atoms with Crippen LogP contribution < -0.4 is 10.1 Å². The first-order chi connectivity index (χ1) is 10.3. The SMILES string of the molecule is Cl.O=C([C@@H]1CCCCN1)N1CCC(Oc2ccccc2)CC1. The molecule has 0 bridgehead atoms. The zero-order chi connectivity index (χ0) is 14.5. The van der Waals surface area contributed by atoms with Crippen molar-refractivity contribution < 1.29 is 9.53 Å². The predicted molar refractivity (Wildman–Crippen MR) is 89.6 cm³/mol. The van der Waals surface area contributed by atoms with Crippen LogP contribution in [0, 0.1) is 0 Å². The van der Waals surface area contributed by atoms with Gasteiger partial charge in [-0.05, 0) is 31.5 Å². The number of rotatable bonds is 3. The first-order valence-corrected chi connectivity index (χ1v) is 8.07. The summed E-state index contributed by atoms with van der Waals surface area (Å²) in [4.78, 5) is 14.4. The number of hydrogen-bond donors (Lipinski definition) is 1. The molecule has 4 nitrogen and oxygen atoms in total. The lowest BCUT2D eigenvalue weighted by Crippen LogP contribution is -2.51. The fourth-order valence-electron chi connectivity index (χ4n) is 3.17.